The molecule has 5 nitrogen and oxygen atoms in total. The number of H-pyrrole nitrogens is 1. The molecular formula is C11H15N3O2S. The number of benzene rings is 1. The second-order valence-electron chi connectivity index (χ2n) is 3.90. The lowest BCUT2D eigenvalue weighted by atomic mass is 10.3. The predicted molar refractivity (Wildman–Crippen MR) is 66.3 cm³/mol. The average molecular weight is 253 g/mol. The maximum atomic E-state index is 11.9. The molecule has 0 aliphatic rings. The number of rotatable bonds is 4. The Morgan fingerprint density at radius 2 is 2.18 bits per heavy atom. The molecule has 1 aromatic heterocycles. The SMILES string of the molecule is CCCNS(=O)(=O)c1ccc2nc(C)[nH]c2c1. The summed E-state index contributed by atoms with van der Waals surface area (Å²) in [5, 5.41) is 0. The van der Waals surface area contributed by atoms with Crippen LogP contribution in [0.25, 0.3) is 11.0 Å². The van der Waals surface area contributed by atoms with E-state index in [0.717, 1.165) is 23.3 Å². The van der Waals surface area contributed by atoms with Crippen LogP contribution in [-0.2, 0) is 10.0 Å². The van der Waals surface area contributed by atoms with Gasteiger partial charge in [-0.2, -0.15) is 0 Å². The smallest absolute Gasteiger partial charge is 0.240 e. The number of nitrogens with zero attached hydrogens (tertiary/aromatic N) is 1. The third kappa shape index (κ3) is 2.48. The van der Waals surface area contributed by atoms with Crippen molar-refractivity contribution in [1.29, 1.82) is 0 Å². The van der Waals surface area contributed by atoms with E-state index in [1.54, 1.807) is 18.2 Å². The summed E-state index contributed by atoms with van der Waals surface area (Å²) in [6, 6.07) is 4.88. The van der Waals surface area contributed by atoms with E-state index >= 15 is 0 Å². The van der Waals surface area contributed by atoms with Gasteiger partial charge in [-0.25, -0.2) is 18.1 Å². The second kappa shape index (κ2) is 4.46. The van der Waals surface area contributed by atoms with Gasteiger partial charge in [0.15, 0.2) is 0 Å². The van der Waals surface area contributed by atoms with Crippen LogP contribution in [0.2, 0.25) is 0 Å². The van der Waals surface area contributed by atoms with Crippen molar-refractivity contribution >= 4 is 21.1 Å². The van der Waals surface area contributed by atoms with Crippen LogP contribution in [0.4, 0.5) is 0 Å². The van der Waals surface area contributed by atoms with E-state index in [4.69, 9.17) is 0 Å². The predicted octanol–water partition coefficient (Wildman–Crippen LogP) is 1.56. The van der Waals surface area contributed by atoms with Crippen molar-refractivity contribution < 1.29 is 8.42 Å². The molecule has 0 fully saturated rings. The lowest BCUT2D eigenvalue weighted by Crippen LogP contribution is -2.24. The third-order valence-electron chi connectivity index (χ3n) is 2.42. The molecule has 0 unspecified atom stereocenters. The molecule has 0 amide bonds. The molecule has 0 saturated carbocycles. The first kappa shape index (κ1) is 12.1. The van der Waals surface area contributed by atoms with Crippen LogP contribution < -0.4 is 4.72 Å². The Balaban J connectivity index is 2.42. The standard InChI is InChI=1S/C11H15N3O2S/c1-3-6-12-17(15,16)9-4-5-10-11(7-9)14-8(2)13-10/h4-5,7,12H,3,6H2,1-2H3,(H,13,14). The largest absolute Gasteiger partial charge is 0.342 e. The summed E-state index contributed by atoms with van der Waals surface area (Å²) in [6.07, 6.45) is 0.768. The Bertz CT molecular complexity index is 631. The number of fused-ring (bicyclic) bond motifs is 1. The third-order valence-corrected chi connectivity index (χ3v) is 3.88. The summed E-state index contributed by atoms with van der Waals surface area (Å²) in [6.45, 7) is 4.20. The fraction of sp³-hybridized carbons (Fsp3) is 0.364. The maximum absolute atomic E-state index is 11.9. The van der Waals surface area contributed by atoms with E-state index in [-0.39, 0.29) is 4.90 Å². The molecule has 2 aromatic rings. The van der Waals surface area contributed by atoms with Crippen LogP contribution in [0, 0.1) is 6.92 Å². The van der Waals surface area contributed by atoms with Gasteiger partial charge < -0.3 is 4.98 Å². The molecule has 0 aliphatic heterocycles. The van der Waals surface area contributed by atoms with Crippen molar-refractivity contribution in [3.05, 3.63) is 24.0 Å². The molecule has 2 rings (SSSR count). The molecule has 17 heavy (non-hydrogen) atoms. The van der Waals surface area contributed by atoms with E-state index in [0.29, 0.717) is 6.54 Å². The minimum absolute atomic E-state index is 0.266. The van der Waals surface area contributed by atoms with E-state index in [1.165, 1.54) is 0 Å². The van der Waals surface area contributed by atoms with Gasteiger partial charge in [0, 0.05) is 6.54 Å². The molecule has 1 aromatic carbocycles. The zero-order valence-corrected chi connectivity index (χ0v) is 10.6. The number of aryl methyl sites for hydroxylation is 1. The summed E-state index contributed by atoms with van der Waals surface area (Å²) >= 11 is 0. The van der Waals surface area contributed by atoms with Gasteiger partial charge in [-0.05, 0) is 31.5 Å². The summed E-state index contributed by atoms with van der Waals surface area (Å²) < 4.78 is 26.3. The Labute approximate surface area is 100 Å². The molecule has 0 spiro atoms. The van der Waals surface area contributed by atoms with Crippen LogP contribution in [0.5, 0.6) is 0 Å². The van der Waals surface area contributed by atoms with Crippen molar-refractivity contribution in [2.24, 2.45) is 0 Å². The first-order valence-electron chi connectivity index (χ1n) is 5.49. The lowest BCUT2D eigenvalue weighted by molar-refractivity contribution is 0.581. The molecule has 0 bridgehead atoms. The van der Waals surface area contributed by atoms with E-state index in [2.05, 4.69) is 14.7 Å². The minimum Gasteiger partial charge on any atom is -0.342 e. The van der Waals surface area contributed by atoms with Gasteiger partial charge in [-0.3, -0.25) is 0 Å². The number of imidazole rings is 1. The van der Waals surface area contributed by atoms with Crippen molar-refractivity contribution in [2.75, 3.05) is 6.54 Å². The van der Waals surface area contributed by atoms with Crippen LogP contribution in [0.3, 0.4) is 0 Å². The Morgan fingerprint density at radius 1 is 1.41 bits per heavy atom. The highest BCUT2D eigenvalue weighted by atomic mass is 32.2. The second-order valence-corrected chi connectivity index (χ2v) is 5.67. The van der Waals surface area contributed by atoms with E-state index < -0.39 is 10.0 Å². The minimum atomic E-state index is -3.40. The summed E-state index contributed by atoms with van der Waals surface area (Å²) in [5.41, 5.74) is 1.51. The Morgan fingerprint density at radius 3 is 2.88 bits per heavy atom. The van der Waals surface area contributed by atoms with Gasteiger partial charge in [0.2, 0.25) is 10.0 Å². The fourth-order valence-electron chi connectivity index (χ4n) is 1.60. The molecular weight excluding hydrogens is 238 g/mol. The monoisotopic (exact) mass is 253 g/mol. The van der Waals surface area contributed by atoms with E-state index in [1.807, 2.05) is 13.8 Å². The Kier molecular flexibility index (Phi) is 3.17. The quantitative estimate of drug-likeness (QED) is 0.868. The molecule has 2 N–H and O–H groups in total. The Hall–Kier alpha value is -1.40. The summed E-state index contributed by atoms with van der Waals surface area (Å²) in [7, 11) is -3.40. The molecule has 0 saturated heterocycles. The van der Waals surface area contributed by atoms with Gasteiger partial charge in [0.1, 0.15) is 5.82 Å². The zero-order chi connectivity index (χ0) is 12.5. The van der Waals surface area contributed by atoms with Gasteiger partial charge in [-0.1, -0.05) is 6.92 Å². The molecule has 0 atom stereocenters. The highest BCUT2D eigenvalue weighted by Gasteiger charge is 2.14. The zero-order valence-electron chi connectivity index (χ0n) is 9.82. The first-order valence-corrected chi connectivity index (χ1v) is 6.97. The lowest BCUT2D eigenvalue weighted by Gasteiger charge is -2.04. The molecule has 0 aliphatic carbocycles. The number of nitrogens with one attached hydrogen (secondary N) is 2. The molecule has 6 heteroatoms. The van der Waals surface area contributed by atoms with Crippen LogP contribution in [0.15, 0.2) is 23.1 Å². The first-order chi connectivity index (χ1) is 8.03. The van der Waals surface area contributed by atoms with Crippen molar-refractivity contribution in [2.45, 2.75) is 25.2 Å². The number of hydrogen-bond acceptors (Lipinski definition) is 3. The molecule has 92 valence electrons. The highest BCUT2D eigenvalue weighted by molar-refractivity contribution is 7.89. The van der Waals surface area contributed by atoms with Crippen molar-refractivity contribution in [3.8, 4) is 0 Å². The van der Waals surface area contributed by atoms with Crippen LogP contribution in [-0.4, -0.2) is 24.9 Å². The van der Waals surface area contributed by atoms with Gasteiger partial charge in [0.05, 0.1) is 15.9 Å². The maximum Gasteiger partial charge on any atom is 0.240 e. The number of hydrogen-bond donors (Lipinski definition) is 2. The number of sulfonamides is 1. The van der Waals surface area contributed by atoms with Gasteiger partial charge >= 0.3 is 0 Å². The fourth-order valence-corrected chi connectivity index (χ4v) is 2.76. The van der Waals surface area contributed by atoms with E-state index in [9.17, 15) is 8.42 Å². The van der Waals surface area contributed by atoms with Crippen LogP contribution in [0.1, 0.15) is 19.2 Å². The van der Waals surface area contributed by atoms with Crippen LogP contribution >= 0.6 is 0 Å². The number of aromatic amines is 1. The molecule has 1 heterocycles. The molecule has 0 radical (unpaired) electrons. The van der Waals surface area contributed by atoms with Crippen molar-refractivity contribution in [3.63, 3.8) is 0 Å². The van der Waals surface area contributed by atoms with Crippen molar-refractivity contribution in [1.82, 2.24) is 14.7 Å². The number of aromatic nitrogens is 2. The average Bonchev–Trinajstić information content (AvgIpc) is 2.65. The normalized spacial score (nSPS) is 12.1. The van der Waals surface area contributed by atoms with Gasteiger partial charge in [0.25, 0.3) is 0 Å². The van der Waals surface area contributed by atoms with Gasteiger partial charge in [-0.15, -0.1) is 0 Å². The highest BCUT2D eigenvalue weighted by Crippen LogP contribution is 2.17. The summed E-state index contributed by atoms with van der Waals surface area (Å²) in [4.78, 5) is 7.52. The summed E-state index contributed by atoms with van der Waals surface area (Å²) in [5.74, 6) is 0.774. The topological polar surface area (TPSA) is 74.8 Å².